The fourth-order valence-corrected chi connectivity index (χ4v) is 7.37. The van der Waals surface area contributed by atoms with Crippen LogP contribution in [-0.2, 0) is 25.1 Å². The molecular weight excluding hydrogens is 584 g/mol. The van der Waals surface area contributed by atoms with Crippen molar-refractivity contribution in [1.29, 1.82) is 0 Å². The summed E-state index contributed by atoms with van der Waals surface area (Å²) in [5, 5.41) is 12.5. The third-order valence-electron chi connectivity index (χ3n) is 9.48. The van der Waals surface area contributed by atoms with Gasteiger partial charge in [-0.25, -0.2) is 0 Å². The maximum absolute atomic E-state index is 11.7. The Morgan fingerprint density at radius 2 is 1.50 bits per heavy atom. The van der Waals surface area contributed by atoms with Gasteiger partial charge in [0.2, 0.25) is 8.32 Å². The number of ether oxygens (including phenoxy) is 3. The second-order valence-electron chi connectivity index (χ2n) is 15.4. The zero-order valence-corrected chi connectivity index (χ0v) is 30.3. The smallest absolute Gasteiger partial charge is 0.250 e. The summed E-state index contributed by atoms with van der Waals surface area (Å²) < 4.78 is 31.9. The predicted octanol–water partition coefficient (Wildman–Crippen LogP) is 8.62. The van der Waals surface area contributed by atoms with E-state index in [1.165, 1.54) is 0 Å². The summed E-state index contributed by atoms with van der Waals surface area (Å²) in [7, 11) is -4.14. The zero-order chi connectivity index (χ0) is 31.5. The van der Waals surface area contributed by atoms with Gasteiger partial charge in [0, 0.05) is 5.02 Å². The second kappa shape index (κ2) is 11.6. The fraction of sp³-hybridized carbons (Fsp3) is 0.636. The third kappa shape index (κ3) is 7.18. The van der Waals surface area contributed by atoms with E-state index in [2.05, 4.69) is 79.9 Å². The first-order chi connectivity index (χ1) is 19.1. The molecule has 2 fully saturated rings. The van der Waals surface area contributed by atoms with Crippen molar-refractivity contribution in [2.75, 3.05) is 0 Å². The number of halogens is 1. The highest BCUT2D eigenvalue weighted by Crippen LogP contribution is 2.46. The molecule has 0 aromatic heterocycles. The van der Waals surface area contributed by atoms with Crippen LogP contribution in [-0.4, -0.2) is 52.1 Å². The lowest BCUT2D eigenvalue weighted by Gasteiger charge is -2.41. The first kappa shape index (κ1) is 33.7. The van der Waals surface area contributed by atoms with E-state index >= 15 is 0 Å². The summed E-state index contributed by atoms with van der Waals surface area (Å²) in [5.74, 6) is 0.115. The van der Waals surface area contributed by atoms with Gasteiger partial charge in [-0.3, -0.25) is 0 Å². The number of rotatable bonds is 8. The summed E-state index contributed by atoms with van der Waals surface area (Å²) in [6.45, 7) is 26.0. The van der Waals surface area contributed by atoms with Gasteiger partial charge in [0.05, 0.1) is 0 Å². The van der Waals surface area contributed by atoms with Gasteiger partial charge in [0.15, 0.2) is 20.4 Å². The molecule has 0 amide bonds. The first-order valence-electron chi connectivity index (χ1n) is 15.0. The number of benzene rings is 2. The minimum Gasteiger partial charge on any atom is -0.544 e. The van der Waals surface area contributed by atoms with Crippen molar-refractivity contribution in [2.45, 2.75) is 135 Å². The summed E-state index contributed by atoms with van der Waals surface area (Å²) in [5.41, 5.74) is 2.77. The van der Waals surface area contributed by atoms with Crippen LogP contribution in [0.25, 0.3) is 0 Å². The molecule has 2 aliphatic rings. The second-order valence-corrected chi connectivity index (χ2v) is 25.3. The molecule has 0 spiro atoms. The van der Waals surface area contributed by atoms with Gasteiger partial charge < -0.3 is 28.2 Å². The fourth-order valence-electron chi connectivity index (χ4n) is 4.86. The highest BCUT2D eigenvalue weighted by molar-refractivity contribution is 6.75. The molecule has 5 atom stereocenters. The van der Waals surface area contributed by atoms with Crippen molar-refractivity contribution < 1.29 is 28.2 Å². The number of hydrogen-bond acceptors (Lipinski definition) is 6. The molecule has 0 aliphatic carbocycles. The zero-order valence-electron chi connectivity index (χ0n) is 27.5. The van der Waals surface area contributed by atoms with E-state index in [1.807, 2.05) is 44.2 Å². The lowest BCUT2D eigenvalue weighted by atomic mass is 9.96. The van der Waals surface area contributed by atoms with Crippen LogP contribution in [0.5, 0.6) is 5.75 Å². The van der Waals surface area contributed by atoms with Gasteiger partial charge in [-0.05, 0) is 91.4 Å². The SMILES string of the molecule is CC1(C)O[C@@H]2O[C@@H]([C@@H](O)c3ccc(Cl)c(Cc4ccc(O[Si](C)(C)C(C)(C)C)cc4)c3)[C@@H](O[Si](C)(C)C(C)(C)C)[C@@H]2O1. The largest absolute Gasteiger partial charge is 0.544 e. The van der Waals surface area contributed by atoms with E-state index in [9.17, 15) is 5.11 Å². The molecule has 42 heavy (non-hydrogen) atoms. The van der Waals surface area contributed by atoms with Crippen molar-refractivity contribution in [1.82, 2.24) is 0 Å². The number of hydrogen-bond donors (Lipinski definition) is 1. The topological polar surface area (TPSA) is 66.4 Å². The molecule has 0 radical (unpaired) electrons. The quantitative estimate of drug-likeness (QED) is 0.293. The Labute approximate surface area is 260 Å². The lowest BCUT2D eigenvalue weighted by Crippen LogP contribution is -2.50. The summed E-state index contributed by atoms with van der Waals surface area (Å²) in [4.78, 5) is 0. The first-order valence-corrected chi connectivity index (χ1v) is 21.2. The van der Waals surface area contributed by atoms with E-state index in [4.69, 9.17) is 34.7 Å². The molecule has 2 heterocycles. The molecule has 4 rings (SSSR count). The molecule has 1 N–H and O–H groups in total. The Bertz CT molecular complexity index is 1250. The van der Waals surface area contributed by atoms with Gasteiger partial charge in [-0.1, -0.05) is 77.4 Å². The van der Waals surface area contributed by atoms with Crippen LogP contribution < -0.4 is 4.43 Å². The van der Waals surface area contributed by atoms with Gasteiger partial charge in [-0.2, -0.15) is 0 Å². The predicted molar refractivity (Wildman–Crippen MR) is 174 cm³/mol. The van der Waals surface area contributed by atoms with E-state index in [0.717, 1.165) is 22.4 Å². The molecule has 2 aromatic rings. The molecular formula is C33H51ClO6Si2. The molecule has 0 saturated carbocycles. The molecule has 0 unspecified atom stereocenters. The molecule has 0 bridgehead atoms. The minimum absolute atomic E-state index is 0.0196. The Hall–Kier alpha value is -1.24. The van der Waals surface area contributed by atoms with Crippen LogP contribution in [0, 0.1) is 0 Å². The molecule has 2 aliphatic heterocycles. The Balaban J connectivity index is 1.55. The molecule has 9 heteroatoms. The Kier molecular flexibility index (Phi) is 9.30. The number of aliphatic hydroxyl groups excluding tert-OH is 1. The van der Waals surface area contributed by atoms with E-state index in [1.54, 1.807) is 0 Å². The standard InChI is InChI=1S/C33H51ClO6Si2/c1-31(2,3)41(9,10)39-24-16-13-21(14-17-24)19-23-20-22(15-18-25(23)34)26(35)27-28(40-42(11,12)32(4,5)6)29-30(36-27)38-33(7,8)37-29/h13-18,20,26-30,35H,19H2,1-12H3/t26-,27-,28+,29-,30-/m0/s1. The van der Waals surface area contributed by atoms with Crippen molar-refractivity contribution in [3.05, 3.63) is 64.2 Å². The number of fused-ring (bicyclic) bond motifs is 1. The maximum Gasteiger partial charge on any atom is 0.250 e. The lowest BCUT2D eigenvalue weighted by molar-refractivity contribution is -0.225. The van der Waals surface area contributed by atoms with Crippen LogP contribution in [0.4, 0.5) is 0 Å². The Morgan fingerprint density at radius 1 is 0.905 bits per heavy atom. The van der Waals surface area contributed by atoms with Crippen LogP contribution >= 0.6 is 11.6 Å². The molecule has 2 aromatic carbocycles. The van der Waals surface area contributed by atoms with E-state index < -0.39 is 53.1 Å². The minimum atomic E-state index is -2.22. The Morgan fingerprint density at radius 3 is 2.07 bits per heavy atom. The van der Waals surface area contributed by atoms with Crippen molar-refractivity contribution >= 4 is 28.2 Å². The summed E-state index contributed by atoms with van der Waals surface area (Å²) >= 11 is 6.66. The van der Waals surface area contributed by atoms with Crippen molar-refractivity contribution in [3.63, 3.8) is 0 Å². The van der Waals surface area contributed by atoms with E-state index in [0.29, 0.717) is 11.4 Å². The highest BCUT2D eigenvalue weighted by atomic mass is 35.5. The average Bonchev–Trinajstić information content (AvgIpc) is 3.31. The van der Waals surface area contributed by atoms with Gasteiger partial charge >= 0.3 is 0 Å². The summed E-state index contributed by atoms with van der Waals surface area (Å²) in [6.07, 6.45) is -2.47. The van der Waals surface area contributed by atoms with Crippen LogP contribution in [0.3, 0.4) is 0 Å². The van der Waals surface area contributed by atoms with E-state index in [-0.39, 0.29) is 10.1 Å². The summed E-state index contributed by atoms with van der Waals surface area (Å²) in [6, 6.07) is 13.9. The van der Waals surface area contributed by atoms with Gasteiger partial charge in [0.1, 0.15) is 30.2 Å². The maximum atomic E-state index is 11.7. The van der Waals surface area contributed by atoms with Crippen molar-refractivity contribution in [3.8, 4) is 5.75 Å². The normalized spacial score (nSPS) is 25.4. The van der Waals surface area contributed by atoms with Gasteiger partial charge in [-0.15, -0.1) is 0 Å². The molecule has 6 nitrogen and oxygen atoms in total. The van der Waals surface area contributed by atoms with Crippen LogP contribution in [0.1, 0.15) is 78.2 Å². The van der Waals surface area contributed by atoms with Crippen molar-refractivity contribution in [2.24, 2.45) is 0 Å². The third-order valence-corrected chi connectivity index (χ3v) is 18.7. The highest BCUT2D eigenvalue weighted by Gasteiger charge is 2.59. The average molecular weight is 635 g/mol. The van der Waals surface area contributed by atoms with Crippen LogP contribution in [0.2, 0.25) is 41.3 Å². The molecule has 2 saturated heterocycles. The van der Waals surface area contributed by atoms with Crippen LogP contribution in [0.15, 0.2) is 42.5 Å². The molecule has 234 valence electrons. The monoisotopic (exact) mass is 634 g/mol. The number of aliphatic hydroxyl groups is 1. The van der Waals surface area contributed by atoms with Gasteiger partial charge in [0.25, 0.3) is 0 Å².